The first-order chi connectivity index (χ1) is 18.6. The van der Waals surface area contributed by atoms with E-state index in [1.807, 2.05) is 53.8 Å². The van der Waals surface area contributed by atoms with Crippen LogP contribution in [-0.4, -0.2) is 42.5 Å². The van der Waals surface area contributed by atoms with Gasteiger partial charge in [0.15, 0.2) is 0 Å². The zero-order valence-electron chi connectivity index (χ0n) is 22.2. The Hall–Kier alpha value is -3.22. The number of carbonyl (C=O) groups is 2. The number of thiophene rings is 1. The van der Waals surface area contributed by atoms with Gasteiger partial charge in [0.1, 0.15) is 5.75 Å². The number of rotatable bonds is 13. The van der Waals surface area contributed by atoms with Crippen LogP contribution >= 0.6 is 11.3 Å². The highest BCUT2D eigenvalue weighted by Gasteiger charge is 2.26. The Labute approximate surface area is 230 Å². The molecule has 1 aliphatic rings. The molecular formula is C32H38N2O3S. The highest BCUT2D eigenvalue weighted by Crippen LogP contribution is 2.32. The van der Waals surface area contributed by atoms with E-state index >= 15 is 0 Å². The number of nitrogens with zero attached hydrogens (tertiary/aromatic N) is 1. The van der Waals surface area contributed by atoms with Crippen LogP contribution in [0.2, 0.25) is 0 Å². The van der Waals surface area contributed by atoms with Gasteiger partial charge in [0.25, 0.3) is 0 Å². The Balaban J connectivity index is 1.23. The summed E-state index contributed by atoms with van der Waals surface area (Å²) in [4.78, 5) is 28.7. The second kappa shape index (κ2) is 14.6. The number of hydrogen-bond acceptors (Lipinski definition) is 5. The number of ether oxygens (including phenoxy) is 1. The highest BCUT2D eigenvalue weighted by atomic mass is 32.1. The lowest BCUT2D eigenvalue weighted by atomic mass is 9.86. The van der Waals surface area contributed by atoms with Gasteiger partial charge in [-0.1, -0.05) is 55.5 Å². The summed E-state index contributed by atoms with van der Waals surface area (Å²) < 4.78 is 5.79. The van der Waals surface area contributed by atoms with Crippen LogP contribution in [0.25, 0.3) is 6.08 Å². The molecule has 0 bridgehead atoms. The van der Waals surface area contributed by atoms with Gasteiger partial charge in [-0.25, -0.2) is 0 Å². The van der Waals surface area contributed by atoms with E-state index in [4.69, 9.17) is 4.74 Å². The molecule has 0 saturated heterocycles. The first kappa shape index (κ1) is 27.8. The first-order valence-corrected chi connectivity index (χ1v) is 14.6. The summed E-state index contributed by atoms with van der Waals surface area (Å²) in [7, 11) is 0. The quantitative estimate of drug-likeness (QED) is 0.126. The molecule has 1 atom stereocenters. The number of benzene rings is 2. The third-order valence-electron chi connectivity index (χ3n) is 6.97. The van der Waals surface area contributed by atoms with Crippen LogP contribution < -0.4 is 10.1 Å². The number of fused-ring (bicyclic) bond motifs is 1. The molecule has 1 aromatic heterocycles. The molecule has 1 unspecified atom stereocenters. The van der Waals surface area contributed by atoms with E-state index in [-0.39, 0.29) is 18.3 Å². The van der Waals surface area contributed by atoms with Crippen LogP contribution in [0, 0.1) is 0 Å². The predicted molar refractivity (Wildman–Crippen MR) is 155 cm³/mol. The predicted octanol–water partition coefficient (Wildman–Crippen LogP) is 6.08. The molecule has 3 aromatic rings. The van der Waals surface area contributed by atoms with Crippen molar-refractivity contribution in [3.8, 4) is 5.75 Å². The van der Waals surface area contributed by atoms with Crippen molar-refractivity contribution in [2.45, 2.75) is 57.9 Å². The molecule has 5 nitrogen and oxygen atoms in total. The fourth-order valence-electron chi connectivity index (χ4n) is 5.05. The summed E-state index contributed by atoms with van der Waals surface area (Å²) >= 11 is 1.84. The zero-order valence-corrected chi connectivity index (χ0v) is 23.1. The van der Waals surface area contributed by atoms with Gasteiger partial charge in [-0.15, -0.1) is 11.3 Å². The number of carbonyl (C=O) groups excluding carboxylic acids is 2. The van der Waals surface area contributed by atoms with E-state index < -0.39 is 0 Å². The minimum Gasteiger partial charge on any atom is -0.426 e. The third-order valence-corrected chi connectivity index (χ3v) is 7.91. The second-order valence-electron chi connectivity index (χ2n) is 9.77. The number of amides is 1. The summed E-state index contributed by atoms with van der Waals surface area (Å²) in [6, 6.07) is 20.6. The third kappa shape index (κ3) is 8.40. The molecule has 1 N–H and O–H groups in total. The lowest BCUT2D eigenvalue weighted by Crippen LogP contribution is -2.41. The molecule has 6 heteroatoms. The van der Waals surface area contributed by atoms with Crippen molar-refractivity contribution < 1.29 is 14.3 Å². The number of nitrogens with one attached hydrogen (secondary N) is 1. The largest absolute Gasteiger partial charge is 0.426 e. The smallest absolute Gasteiger partial charge is 0.311 e. The molecule has 1 aliphatic carbocycles. The molecule has 4 rings (SSSR count). The molecule has 38 heavy (non-hydrogen) atoms. The van der Waals surface area contributed by atoms with Gasteiger partial charge in [-0.05, 0) is 85.3 Å². The monoisotopic (exact) mass is 530 g/mol. The van der Waals surface area contributed by atoms with Crippen LogP contribution in [0.3, 0.4) is 0 Å². The van der Waals surface area contributed by atoms with Crippen molar-refractivity contribution >= 4 is 29.3 Å². The number of esters is 1. The molecule has 0 aliphatic heterocycles. The van der Waals surface area contributed by atoms with Gasteiger partial charge in [-0.3, -0.25) is 14.5 Å². The van der Waals surface area contributed by atoms with Gasteiger partial charge in [-0.2, -0.15) is 0 Å². The van der Waals surface area contributed by atoms with Gasteiger partial charge < -0.3 is 10.1 Å². The van der Waals surface area contributed by atoms with E-state index in [2.05, 4.69) is 40.7 Å². The zero-order chi connectivity index (χ0) is 26.6. The minimum absolute atomic E-state index is 0.165. The summed E-state index contributed by atoms with van der Waals surface area (Å²) in [5.74, 6) is 0.279. The fourth-order valence-corrected chi connectivity index (χ4v) is 5.74. The lowest BCUT2D eigenvalue weighted by molar-refractivity contribution is -0.134. The molecule has 1 amide bonds. The molecule has 0 spiro atoms. The van der Waals surface area contributed by atoms with Crippen molar-refractivity contribution in [3.63, 3.8) is 0 Å². The van der Waals surface area contributed by atoms with Gasteiger partial charge >= 0.3 is 5.97 Å². The first-order valence-electron chi connectivity index (χ1n) is 13.7. The highest BCUT2D eigenvalue weighted by molar-refractivity contribution is 7.09. The van der Waals surface area contributed by atoms with E-state index in [1.165, 1.54) is 22.1 Å². The van der Waals surface area contributed by atoms with Crippen LogP contribution in [-0.2, 0) is 28.9 Å². The molecule has 0 radical (unpaired) electrons. The van der Waals surface area contributed by atoms with Crippen molar-refractivity contribution in [3.05, 3.63) is 93.7 Å². The molecule has 0 saturated carbocycles. The minimum atomic E-state index is -0.252. The van der Waals surface area contributed by atoms with Crippen LogP contribution in [0.1, 0.15) is 54.2 Å². The van der Waals surface area contributed by atoms with Crippen LogP contribution in [0.4, 0.5) is 0 Å². The summed E-state index contributed by atoms with van der Waals surface area (Å²) in [6.45, 7) is 4.87. The standard InChI is InChI=1S/C32H38N2O3S/c1-2-21-34(22-19-28-12-8-23-38-28)27-16-17-29-26(24-27)11-6-13-30(29)37-32(36)14-7-20-33-31(35)18-15-25-9-4-3-5-10-25/h3-6,8-13,15,18,23,27H,2,7,14,16-17,19-22,24H2,1H3,(H,33,35). The Morgan fingerprint density at radius 3 is 2.74 bits per heavy atom. The average molecular weight is 531 g/mol. The lowest BCUT2D eigenvalue weighted by Gasteiger charge is -2.35. The SMILES string of the molecule is CCCN(CCc1cccs1)C1CCc2c(cccc2OC(=O)CCCNC(=O)C=Cc2ccccc2)C1. The summed E-state index contributed by atoms with van der Waals surface area (Å²) in [5, 5.41) is 4.98. The second-order valence-corrected chi connectivity index (χ2v) is 10.8. The van der Waals surface area contributed by atoms with Gasteiger partial charge in [0, 0.05) is 36.5 Å². The Bertz CT molecular complexity index is 1190. The molecule has 2 aromatic carbocycles. The van der Waals surface area contributed by atoms with Gasteiger partial charge in [0.05, 0.1) is 0 Å². The topological polar surface area (TPSA) is 58.6 Å². The molecule has 200 valence electrons. The molecule has 1 heterocycles. The van der Waals surface area contributed by atoms with Crippen LogP contribution in [0.5, 0.6) is 5.75 Å². The van der Waals surface area contributed by atoms with Crippen molar-refractivity contribution in [1.29, 1.82) is 0 Å². The maximum absolute atomic E-state index is 12.6. The van der Waals surface area contributed by atoms with E-state index in [9.17, 15) is 9.59 Å². The normalized spacial score (nSPS) is 14.9. The van der Waals surface area contributed by atoms with E-state index in [0.29, 0.717) is 24.8 Å². The molecule has 0 fully saturated rings. The van der Waals surface area contributed by atoms with Gasteiger partial charge in [0.2, 0.25) is 5.91 Å². The maximum atomic E-state index is 12.6. The van der Waals surface area contributed by atoms with Crippen molar-refractivity contribution in [1.82, 2.24) is 10.2 Å². The Morgan fingerprint density at radius 1 is 1.08 bits per heavy atom. The van der Waals surface area contributed by atoms with Crippen LogP contribution in [0.15, 0.2) is 72.1 Å². The van der Waals surface area contributed by atoms with E-state index in [0.717, 1.165) is 50.8 Å². The number of hydrogen-bond donors (Lipinski definition) is 1. The van der Waals surface area contributed by atoms with E-state index in [1.54, 1.807) is 6.08 Å². The summed E-state index contributed by atoms with van der Waals surface area (Å²) in [5.41, 5.74) is 3.44. The molecular weight excluding hydrogens is 492 g/mol. The Kier molecular flexibility index (Phi) is 10.7. The van der Waals surface area contributed by atoms with Crippen molar-refractivity contribution in [2.24, 2.45) is 0 Å². The summed E-state index contributed by atoms with van der Waals surface area (Å²) in [6.07, 6.45) is 9.34. The fraction of sp³-hybridized carbons (Fsp3) is 0.375. The Morgan fingerprint density at radius 2 is 1.95 bits per heavy atom. The van der Waals surface area contributed by atoms with Crippen molar-refractivity contribution in [2.75, 3.05) is 19.6 Å². The average Bonchev–Trinajstić information content (AvgIpc) is 3.46. The maximum Gasteiger partial charge on any atom is 0.311 e.